The Morgan fingerprint density at radius 1 is 1.79 bits per heavy atom. The second-order valence-corrected chi connectivity index (χ2v) is 3.35. The fourth-order valence-corrected chi connectivity index (χ4v) is 1.13. The molecule has 1 unspecified atom stereocenters. The molecule has 0 fully saturated rings. The lowest BCUT2D eigenvalue weighted by atomic mass is 10.2. The highest BCUT2D eigenvalue weighted by molar-refractivity contribution is 5.79. The third-order valence-corrected chi connectivity index (χ3v) is 2.05. The minimum Gasteiger partial charge on any atom is -0.368 e. The number of hydrogen-bond donors (Lipinski definition) is 2. The van der Waals surface area contributed by atoms with Crippen LogP contribution in [0.15, 0.2) is 12.4 Å². The van der Waals surface area contributed by atoms with Crippen molar-refractivity contribution < 1.29 is 4.79 Å². The second kappa shape index (κ2) is 4.76. The molecule has 0 bridgehead atoms. The smallest absolute Gasteiger partial charge is 0.234 e. The van der Waals surface area contributed by atoms with Crippen LogP contribution in [0.4, 0.5) is 0 Å². The van der Waals surface area contributed by atoms with Gasteiger partial charge in [-0.1, -0.05) is 0 Å². The molecule has 1 aromatic rings. The highest BCUT2D eigenvalue weighted by atomic mass is 16.1. The zero-order chi connectivity index (χ0) is 10.6. The average Bonchev–Trinajstić information content (AvgIpc) is 2.51. The van der Waals surface area contributed by atoms with Gasteiger partial charge >= 0.3 is 0 Å². The summed E-state index contributed by atoms with van der Waals surface area (Å²) in [4.78, 5) is 10.7. The maximum Gasteiger partial charge on any atom is 0.234 e. The largest absolute Gasteiger partial charge is 0.368 e. The Kier molecular flexibility index (Phi) is 3.64. The molecule has 0 aromatic carbocycles. The molecule has 1 atom stereocenters. The summed E-state index contributed by atoms with van der Waals surface area (Å²) >= 11 is 0. The molecule has 1 heterocycles. The molecular weight excluding hydrogens is 180 g/mol. The fraction of sp³-hybridized carbons (Fsp3) is 0.556. The van der Waals surface area contributed by atoms with Gasteiger partial charge in [-0.3, -0.25) is 9.48 Å². The Morgan fingerprint density at radius 2 is 2.50 bits per heavy atom. The van der Waals surface area contributed by atoms with Crippen LogP contribution in [-0.4, -0.2) is 28.3 Å². The first-order chi connectivity index (χ1) is 6.59. The Hall–Kier alpha value is -1.36. The molecule has 78 valence electrons. The van der Waals surface area contributed by atoms with E-state index in [2.05, 4.69) is 10.4 Å². The van der Waals surface area contributed by atoms with Crippen LogP contribution in [0, 0.1) is 0 Å². The maximum absolute atomic E-state index is 10.7. The SMILES string of the molecule is CC(NCCc1cnn(C)c1)C(N)=O. The number of nitrogens with zero attached hydrogens (tertiary/aromatic N) is 2. The van der Waals surface area contributed by atoms with Crippen molar-refractivity contribution in [3.8, 4) is 0 Å². The number of carbonyl (C=O) groups is 1. The molecule has 3 N–H and O–H groups in total. The summed E-state index contributed by atoms with van der Waals surface area (Å²) in [6, 6.07) is -0.272. The first-order valence-electron chi connectivity index (χ1n) is 4.60. The number of carbonyl (C=O) groups excluding carboxylic acids is 1. The molecule has 5 heteroatoms. The molecule has 1 aromatic heterocycles. The van der Waals surface area contributed by atoms with E-state index in [-0.39, 0.29) is 11.9 Å². The third kappa shape index (κ3) is 3.18. The summed E-state index contributed by atoms with van der Waals surface area (Å²) in [5.41, 5.74) is 6.25. The van der Waals surface area contributed by atoms with Crippen molar-refractivity contribution in [3.05, 3.63) is 18.0 Å². The molecule has 1 amide bonds. The first-order valence-corrected chi connectivity index (χ1v) is 4.60. The Balaban J connectivity index is 2.25. The molecule has 0 spiro atoms. The Bertz CT molecular complexity index is 308. The van der Waals surface area contributed by atoms with Gasteiger partial charge in [0.05, 0.1) is 12.2 Å². The van der Waals surface area contributed by atoms with Crippen molar-refractivity contribution in [2.24, 2.45) is 12.8 Å². The van der Waals surface area contributed by atoms with E-state index in [1.165, 1.54) is 0 Å². The predicted molar refractivity (Wildman–Crippen MR) is 53.6 cm³/mol. The van der Waals surface area contributed by atoms with Crippen LogP contribution in [-0.2, 0) is 18.3 Å². The number of nitrogens with two attached hydrogens (primary N) is 1. The summed E-state index contributed by atoms with van der Waals surface area (Å²) in [6.07, 6.45) is 4.62. The Morgan fingerprint density at radius 3 is 3.00 bits per heavy atom. The summed E-state index contributed by atoms with van der Waals surface area (Å²) in [5.74, 6) is -0.323. The van der Waals surface area contributed by atoms with E-state index < -0.39 is 0 Å². The lowest BCUT2D eigenvalue weighted by molar-refractivity contribution is -0.119. The predicted octanol–water partition coefficient (Wildman–Crippen LogP) is -0.574. The zero-order valence-electron chi connectivity index (χ0n) is 8.53. The standard InChI is InChI=1S/C9H16N4O/c1-7(9(10)14)11-4-3-8-5-12-13(2)6-8/h5-7,11H,3-4H2,1-2H3,(H2,10,14). The zero-order valence-corrected chi connectivity index (χ0v) is 8.53. The maximum atomic E-state index is 10.7. The van der Waals surface area contributed by atoms with Crippen LogP contribution in [0.25, 0.3) is 0 Å². The van der Waals surface area contributed by atoms with Gasteiger partial charge < -0.3 is 11.1 Å². The number of nitrogens with one attached hydrogen (secondary N) is 1. The molecule has 14 heavy (non-hydrogen) atoms. The van der Waals surface area contributed by atoms with E-state index in [1.54, 1.807) is 11.6 Å². The van der Waals surface area contributed by atoms with E-state index in [0.717, 1.165) is 18.5 Å². The van der Waals surface area contributed by atoms with Gasteiger partial charge in [-0.25, -0.2) is 0 Å². The number of amides is 1. The minimum absolute atomic E-state index is 0.272. The lowest BCUT2D eigenvalue weighted by Crippen LogP contribution is -2.39. The molecule has 0 aliphatic rings. The van der Waals surface area contributed by atoms with Crippen LogP contribution < -0.4 is 11.1 Å². The minimum atomic E-state index is -0.323. The lowest BCUT2D eigenvalue weighted by Gasteiger charge is -2.08. The van der Waals surface area contributed by atoms with Crippen molar-refractivity contribution in [1.82, 2.24) is 15.1 Å². The summed E-state index contributed by atoms with van der Waals surface area (Å²) in [6.45, 7) is 2.49. The third-order valence-electron chi connectivity index (χ3n) is 2.05. The van der Waals surface area contributed by atoms with E-state index in [1.807, 2.05) is 19.4 Å². The van der Waals surface area contributed by atoms with E-state index in [0.29, 0.717) is 0 Å². The second-order valence-electron chi connectivity index (χ2n) is 3.35. The molecular formula is C9H16N4O. The quantitative estimate of drug-likeness (QED) is 0.662. The van der Waals surface area contributed by atoms with Crippen molar-refractivity contribution >= 4 is 5.91 Å². The van der Waals surface area contributed by atoms with Gasteiger partial charge in [0.15, 0.2) is 0 Å². The fourth-order valence-electron chi connectivity index (χ4n) is 1.13. The van der Waals surface area contributed by atoms with Crippen molar-refractivity contribution in [3.63, 3.8) is 0 Å². The number of rotatable bonds is 5. The summed E-state index contributed by atoms with van der Waals surface area (Å²) in [5, 5.41) is 7.07. The number of aryl methyl sites for hydroxylation is 1. The molecule has 1 rings (SSSR count). The number of primary amides is 1. The molecule has 5 nitrogen and oxygen atoms in total. The van der Waals surface area contributed by atoms with Gasteiger partial charge in [0.2, 0.25) is 5.91 Å². The van der Waals surface area contributed by atoms with Crippen LogP contribution >= 0.6 is 0 Å². The van der Waals surface area contributed by atoms with Gasteiger partial charge in [0.1, 0.15) is 0 Å². The van der Waals surface area contributed by atoms with Crippen LogP contribution in [0.5, 0.6) is 0 Å². The number of hydrogen-bond acceptors (Lipinski definition) is 3. The van der Waals surface area contributed by atoms with Gasteiger partial charge in [-0.15, -0.1) is 0 Å². The monoisotopic (exact) mass is 196 g/mol. The van der Waals surface area contributed by atoms with Gasteiger partial charge in [-0.05, 0) is 18.9 Å². The van der Waals surface area contributed by atoms with Crippen LogP contribution in [0.1, 0.15) is 12.5 Å². The summed E-state index contributed by atoms with van der Waals surface area (Å²) < 4.78 is 1.76. The van der Waals surface area contributed by atoms with E-state index in [9.17, 15) is 4.79 Å². The molecule has 0 radical (unpaired) electrons. The van der Waals surface area contributed by atoms with Gasteiger partial charge in [0.25, 0.3) is 0 Å². The van der Waals surface area contributed by atoms with Crippen LogP contribution in [0.2, 0.25) is 0 Å². The molecule has 0 aliphatic carbocycles. The topological polar surface area (TPSA) is 72.9 Å². The molecule has 0 saturated heterocycles. The van der Waals surface area contributed by atoms with Crippen molar-refractivity contribution in [1.29, 1.82) is 0 Å². The first kappa shape index (κ1) is 10.7. The molecule has 0 saturated carbocycles. The van der Waals surface area contributed by atoms with E-state index >= 15 is 0 Å². The molecule has 0 aliphatic heterocycles. The normalized spacial score (nSPS) is 12.7. The van der Waals surface area contributed by atoms with Crippen molar-refractivity contribution in [2.75, 3.05) is 6.54 Å². The average molecular weight is 196 g/mol. The summed E-state index contributed by atoms with van der Waals surface area (Å²) in [7, 11) is 1.88. The Labute approximate surface area is 83.3 Å². The number of aromatic nitrogens is 2. The van der Waals surface area contributed by atoms with Crippen molar-refractivity contribution in [2.45, 2.75) is 19.4 Å². The highest BCUT2D eigenvalue weighted by Gasteiger charge is 2.06. The van der Waals surface area contributed by atoms with Gasteiger partial charge in [-0.2, -0.15) is 5.10 Å². The van der Waals surface area contributed by atoms with E-state index in [4.69, 9.17) is 5.73 Å². The highest BCUT2D eigenvalue weighted by Crippen LogP contribution is 1.96. The van der Waals surface area contributed by atoms with Gasteiger partial charge in [0, 0.05) is 19.8 Å². The van der Waals surface area contributed by atoms with Crippen LogP contribution in [0.3, 0.4) is 0 Å².